The Hall–Kier alpha value is -2.29. The number of carbonyl (C=O) groups excluding carboxylic acids is 3. The number of fused-ring (bicyclic) bond motifs is 1. The van der Waals surface area contributed by atoms with Crippen LogP contribution in [0.3, 0.4) is 0 Å². The molecule has 0 amide bonds. The van der Waals surface area contributed by atoms with Crippen LogP contribution in [0, 0.1) is 0 Å². The van der Waals surface area contributed by atoms with Gasteiger partial charge in [-0.25, -0.2) is 14.4 Å². The van der Waals surface area contributed by atoms with E-state index in [4.69, 9.17) is 18.9 Å². The number of esters is 1. The van der Waals surface area contributed by atoms with Crippen molar-refractivity contribution in [3.8, 4) is 0 Å². The molecule has 1 saturated heterocycles. The molecule has 122 valence electrons. The van der Waals surface area contributed by atoms with Crippen molar-refractivity contribution in [3.05, 3.63) is 11.6 Å². The molecule has 0 saturated carbocycles. The first-order valence-corrected chi connectivity index (χ1v) is 6.75. The Morgan fingerprint density at radius 2 is 1.82 bits per heavy atom. The Labute approximate surface area is 126 Å². The third-order valence-electron chi connectivity index (χ3n) is 2.86. The highest BCUT2D eigenvalue weighted by atomic mass is 16.8. The standard InChI is InChI=1S/C13H16O9/c1-3-17-12(15)20-8-6-19-11(22-13(16)18-4-2)10-7(8)5-9(14)21-10/h5,8,10-11H,3-4,6H2,1-2H3/t8-,10-,11-/m1/s1. The first-order valence-electron chi connectivity index (χ1n) is 6.75. The van der Waals surface area contributed by atoms with E-state index < -0.39 is 36.8 Å². The Kier molecular flexibility index (Phi) is 5.21. The number of carbonyl (C=O) groups is 3. The molecule has 2 aliphatic heterocycles. The van der Waals surface area contributed by atoms with Gasteiger partial charge in [0.25, 0.3) is 0 Å². The lowest BCUT2D eigenvalue weighted by atomic mass is 10.0. The van der Waals surface area contributed by atoms with Gasteiger partial charge in [-0.3, -0.25) is 0 Å². The molecule has 0 radical (unpaired) electrons. The minimum Gasteiger partial charge on any atom is -0.448 e. The zero-order valence-corrected chi connectivity index (χ0v) is 12.1. The smallest absolute Gasteiger partial charge is 0.448 e. The van der Waals surface area contributed by atoms with Crippen LogP contribution < -0.4 is 0 Å². The third kappa shape index (κ3) is 3.67. The van der Waals surface area contributed by atoms with Gasteiger partial charge in [-0.1, -0.05) is 0 Å². The van der Waals surface area contributed by atoms with Gasteiger partial charge in [-0.2, -0.15) is 0 Å². The minimum absolute atomic E-state index is 0.109. The van der Waals surface area contributed by atoms with E-state index in [1.54, 1.807) is 13.8 Å². The van der Waals surface area contributed by atoms with Gasteiger partial charge >= 0.3 is 18.3 Å². The molecule has 9 heteroatoms. The molecule has 0 N–H and O–H groups in total. The van der Waals surface area contributed by atoms with E-state index in [2.05, 4.69) is 9.47 Å². The first kappa shape index (κ1) is 16.1. The maximum absolute atomic E-state index is 11.4. The average molecular weight is 316 g/mol. The summed E-state index contributed by atoms with van der Waals surface area (Å²) in [6, 6.07) is 0. The molecule has 22 heavy (non-hydrogen) atoms. The quantitative estimate of drug-likeness (QED) is 0.552. The van der Waals surface area contributed by atoms with Crippen LogP contribution in [-0.4, -0.2) is 56.6 Å². The second kappa shape index (κ2) is 7.12. The van der Waals surface area contributed by atoms with Crippen LogP contribution in [-0.2, 0) is 33.2 Å². The predicted molar refractivity (Wildman–Crippen MR) is 67.7 cm³/mol. The number of hydrogen-bond acceptors (Lipinski definition) is 9. The van der Waals surface area contributed by atoms with Crippen LogP contribution >= 0.6 is 0 Å². The van der Waals surface area contributed by atoms with Crippen molar-refractivity contribution in [1.82, 2.24) is 0 Å². The van der Waals surface area contributed by atoms with Crippen LogP contribution in [0.1, 0.15) is 13.8 Å². The fraction of sp³-hybridized carbons (Fsp3) is 0.615. The maximum Gasteiger partial charge on any atom is 0.510 e. The summed E-state index contributed by atoms with van der Waals surface area (Å²) in [7, 11) is 0. The summed E-state index contributed by atoms with van der Waals surface area (Å²) in [6.45, 7) is 3.42. The van der Waals surface area contributed by atoms with Crippen molar-refractivity contribution < 1.29 is 42.8 Å². The fourth-order valence-corrected chi connectivity index (χ4v) is 2.01. The summed E-state index contributed by atoms with van der Waals surface area (Å²) in [5.74, 6) is -0.639. The molecule has 3 atom stereocenters. The van der Waals surface area contributed by atoms with E-state index >= 15 is 0 Å². The topological polar surface area (TPSA) is 107 Å². The highest BCUT2D eigenvalue weighted by Crippen LogP contribution is 2.31. The maximum atomic E-state index is 11.4. The van der Waals surface area contributed by atoms with E-state index in [1.807, 2.05) is 0 Å². The lowest BCUT2D eigenvalue weighted by Crippen LogP contribution is -2.46. The van der Waals surface area contributed by atoms with Crippen molar-refractivity contribution in [2.75, 3.05) is 19.8 Å². The Bertz CT molecular complexity index is 484. The second-order valence-corrected chi connectivity index (χ2v) is 4.29. The predicted octanol–water partition coefficient (Wildman–Crippen LogP) is 0.909. The first-order chi connectivity index (χ1) is 10.5. The molecule has 2 rings (SSSR count). The van der Waals surface area contributed by atoms with Gasteiger partial charge < -0.3 is 28.4 Å². The summed E-state index contributed by atoms with van der Waals surface area (Å²) in [6.07, 6.45) is -3.64. The number of ether oxygens (including phenoxy) is 6. The van der Waals surface area contributed by atoms with Gasteiger partial charge in [0, 0.05) is 11.6 Å². The van der Waals surface area contributed by atoms with Gasteiger partial charge in [-0.15, -0.1) is 0 Å². The lowest BCUT2D eigenvalue weighted by Gasteiger charge is -2.33. The van der Waals surface area contributed by atoms with E-state index in [9.17, 15) is 14.4 Å². The Morgan fingerprint density at radius 3 is 2.45 bits per heavy atom. The molecule has 0 aromatic heterocycles. The van der Waals surface area contributed by atoms with Gasteiger partial charge in [0.15, 0.2) is 12.2 Å². The largest absolute Gasteiger partial charge is 0.510 e. The zero-order valence-electron chi connectivity index (χ0n) is 12.1. The summed E-state index contributed by atoms with van der Waals surface area (Å²) < 4.78 is 29.5. The van der Waals surface area contributed by atoms with E-state index in [1.165, 1.54) is 6.08 Å². The molecule has 2 heterocycles. The lowest BCUT2D eigenvalue weighted by molar-refractivity contribution is -0.204. The molecule has 0 spiro atoms. The van der Waals surface area contributed by atoms with E-state index in [0.717, 1.165) is 0 Å². The second-order valence-electron chi connectivity index (χ2n) is 4.29. The molecular formula is C13H16O9. The van der Waals surface area contributed by atoms with Crippen molar-refractivity contribution in [2.24, 2.45) is 0 Å². The number of hydrogen-bond donors (Lipinski definition) is 0. The van der Waals surface area contributed by atoms with E-state index in [-0.39, 0.29) is 19.8 Å². The highest BCUT2D eigenvalue weighted by molar-refractivity contribution is 5.86. The van der Waals surface area contributed by atoms with Crippen molar-refractivity contribution in [3.63, 3.8) is 0 Å². The molecule has 0 aromatic carbocycles. The summed E-state index contributed by atoms with van der Waals surface area (Å²) >= 11 is 0. The molecular weight excluding hydrogens is 300 g/mol. The Balaban J connectivity index is 2.03. The molecule has 9 nitrogen and oxygen atoms in total. The molecule has 2 aliphatic rings. The molecule has 0 aromatic rings. The molecule has 1 fully saturated rings. The van der Waals surface area contributed by atoms with Gasteiger partial charge in [-0.05, 0) is 13.8 Å². The van der Waals surface area contributed by atoms with Crippen molar-refractivity contribution >= 4 is 18.3 Å². The zero-order chi connectivity index (χ0) is 16.1. The Morgan fingerprint density at radius 1 is 1.18 bits per heavy atom. The van der Waals surface area contributed by atoms with E-state index in [0.29, 0.717) is 5.57 Å². The van der Waals surface area contributed by atoms with Gasteiger partial charge in [0.05, 0.1) is 19.8 Å². The summed E-state index contributed by atoms with van der Waals surface area (Å²) in [5, 5.41) is 0. The highest BCUT2D eigenvalue weighted by Gasteiger charge is 2.46. The summed E-state index contributed by atoms with van der Waals surface area (Å²) in [4.78, 5) is 34.1. The van der Waals surface area contributed by atoms with Gasteiger partial charge in [0.2, 0.25) is 6.29 Å². The van der Waals surface area contributed by atoms with Gasteiger partial charge in [0.1, 0.15) is 0 Å². The summed E-state index contributed by atoms with van der Waals surface area (Å²) in [5.41, 5.74) is 0.346. The fourth-order valence-electron chi connectivity index (χ4n) is 2.01. The van der Waals surface area contributed by atoms with Crippen molar-refractivity contribution in [1.29, 1.82) is 0 Å². The normalized spacial score (nSPS) is 26.4. The van der Waals surface area contributed by atoms with Crippen LogP contribution in [0.15, 0.2) is 11.6 Å². The van der Waals surface area contributed by atoms with Crippen LogP contribution in [0.5, 0.6) is 0 Å². The third-order valence-corrected chi connectivity index (χ3v) is 2.86. The van der Waals surface area contributed by atoms with Crippen LogP contribution in [0.25, 0.3) is 0 Å². The SMILES string of the molecule is CCOC(=O)O[C@H]1OC[C@@H](OC(=O)OCC)C2=CC(=O)O[C@H]21. The molecule has 0 bridgehead atoms. The minimum atomic E-state index is -1.15. The average Bonchev–Trinajstić information content (AvgIpc) is 2.84. The number of rotatable bonds is 4. The molecule has 0 aliphatic carbocycles. The van der Waals surface area contributed by atoms with Crippen LogP contribution in [0.2, 0.25) is 0 Å². The monoisotopic (exact) mass is 316 g/mol. The molecule has 0 unspecified atom stereocenters. The van der Waals surface area contributed by atoms with Crippen LogP contribution in [0.4, 0.5) is 9.59 Å². The van der Waals surface area contributed by atoms with Crippen molar-refractivity contribution in [2.45, 2.75) is 32.3 Å².